The first-order chi connectivity index (χ1) is 9.78. The van der Waals surface area contributed by atoms with Crippen LogP contribution >= 0.6 is 0 Å². The van der Waals surface area contributed by atoms with Crippen LogP contribution in [0.5, 0.6) is 17.2 Å². The van der Waals surface area contributed by atoms with Gasteiger partial charge in [0, 0.05) is 5.92 Å². The monoisotopic (exact) mass is 278 g/mol. The first-order valence-corrected chi connectivity index (χ1v) is 6.53. The van der Waals surface area contributed by atoms with E-state index >= 15 is 0 Å². The molecule has 1 aromatic carbocycles. The second-order valence-corrected chi connectivity index (χ2v) is 5.11. The van der Waals surface area contributed by atoms with Crippen LogP contribution in [-0.4, -0.2) is 33.1 Å². The summed E-state index contributed by atoms with van der Waals surface area (Å²) in [6.07, 6.45) is -0.171. The Morgan fingerprint density at radius 2 is 2.10 bits per heavy atom. The van der Waals surface area contributed by atoms with Crippen LogP contribution in [-0.2, 0) is 14.3 Å². The van der Waals surface area contributed by atoms with Crippen LogP contribution in [0.2, 0.25) is 0 Å². The van der Waals surface area contributed by atoms with E-state index < -0.39 is 0 Å². The summed E-state index contributed by atoms with van der Waals surface area (Å²) in [6, 6.07) is 3.77. The number of ether oxygens (including phenoxy) is 5. The molecule has 3 aliphatic heterocycles. The van der Waals surface area contributed by atoms with E-state index in [1.165, 1.54) is 0 Å². The molecular formula is C14H14O6. The quantitative estimate of drug-likeness (QED) is 0.759. The van der Waals surface area contributed by atoms with Gasteiger partial charge in [0.05, 0.1) is 32.3 Å². The molecule has 3 aliphatic rings. The van der Waals surface area contributed by atoms with Crippen LogP contribution in [0, 0.1) is 11.8 Å². The zero-order valence-electron chi connectivity index (χ0n) is 11.0. The average Bonchev–Trinajstić information content (AvgIpc) is 3.15. The van der Waals surface area contributed by atoms with Gasteiger partial charge in [-0.3, -0.25) is 4.79 Å². The molecule has 6 heteroatoms. The highest BCUT2D eigenvalue weighted by atomic mass is 16.7. The fourth-order valence-corrected chi connectivity index (χ4v) is 3.05. The molecule has 6 nitrogen and oxygen atoms in total. The molecule has 0 unspecified atom stereocenters. The summed E-state index contributed by atoms with van der Waals surface area (Å²) in [6.45, 7) is 1.00. The lowest BCUT2D eigenvalue weighted by Crippen LogP contribution is -2.14. The number of esters is 1. The lowest BCUT2D eigenvalue weighted by molar-refractivity contribution is -0.142. The van der Waals surface area contributed by atoms with E-state index in [2.05, 4.69) is 0 Å². The number of cyclic esters (lactones) is 1. The molecule has 0 N–H and O–H groups in total. The molecule has 3 heterocycles. The van der Waals surface area contributed by atoms with Crippen LogP contribution in [0.3, 0.4) is 0 Å². The van der Waals surface area contributed by atoms with Crippen LogP contribution in [0.15, 0.2) is 12.1 Å². The molecule has 0 aromatic heterocycles. The normalized spacial score (nSPS) is 30.2. The molecule has 2 fully saturated rings. The van der Waals surface area contributed by atoms with Crippen molar-refractivity contribution in [3.63, 3.8) is 0 Å². The third-order valence-electron chi connectivity index (χ3n) is 4.09. The van der Waals surface area contributed by atoms with E-state index in [0.29, 0.717) is 30.5 Å². The van der Waals surface area contributed by atoms with E-state index in [1.54, 1.807) is 7.11 Å². The number of fused-ring (bicyclic) bond motifs is 2. The summed E-state index contributed by atoms with van der Waals surface area (Å²) < 4.78 is 27.0. The Kier molecular flexibility index (Phi) is 2.53. The SMILES string of the molecule is COc1cc([C@H]2OC[C@@H]3C(=O)OC[C@@H]32)cc2c1OCO2. The highest BCUT2D eigenvalue weighted by Crippen LogP contribution is 2.48. The fourth-order valence-electron chi connectivity index (χ4n) is 3.05. The van der Waals surface area contributed by atoms with Gasteiger partial charge in [-0.15, -0.1) is 0 Å². The molecule has 1 aromatic rings. The Hall–Kier alpha value is -1.95. The molecule has 4 rings (SSSR count). The Morgan fingerprint density at radius 1 is 1.20 bits per heavy atom. The van der Waals surface area contributed by atoms with Crippen LogP contribution in [0.4, 0.5) is 0 Å². The zero-order valence-corrected chi connectivity index (χ0v) is 11.0. The third kappa shape index (κ3) is 1.57. The van der Waals surface area contributed by atoms with Gasteiger partial charge in [0.2, 0.25) is 12.5 Å². The molecule has 0 radical (unpaired) electrons. The molecule has 106 valence electrons. The number of methoxy groups -OCH3 is 1. The van der Waals surface area contributed by atoms with Gasteiger partial charge in [0.25, 0.3) is 0 Å². The maximum Gasteiger partial charge on any atom is 0.311 e. The summed E-state index contributed by atoms with van der Waals surface area (Å²) in [4.78, 5) is 11.6. The van der Waals surface area contributed by atoms with Crippen molar-refractivity contribution in [3.05, 3.63) is 17.7 Å². The molecule has 0 amide bonds. The number of hydrogen-bond acceptors (Lipinski definition) is 6. The molecular weight excluding hydrogens is 264 g/mol. The molecule has 0 spiro atoms. The number of benzene rings is 1. The van der Waals surface area contributed by atoms with Crippen molar-refractivity contribution in [2.45, 2.75) is 6.10 Å². The Balaban J connectivity index is 1.71. The highest BCUT2D eigenvalue weighted by Gasteiger charge is 2.48. The molecule has 0 saturated carbocycles. The first-order valence-electron chi connectivity index (χ1n) is 6.53. The second-order valence-electron chi connectivity index (χ2n) is 5.11. The topological polar surface area (TPSA) is 63.2 Å². The van der Waals surface area contributed by atoms with E-state index in [4.69, 9.17) is 23.7 Å². The van der Waals surface area contributed by atoms with E-state index in [1.807, 2.05) is 12.1 Å². The van der Waals surface area contributed by atoms with Gasteiger partial charge in [-0.05, 0) is 17.7 Å². The predicted molar refractivity (Wildman–Crippen MR) is 65.7 cm³/mol. The minimum Gasteiger partial charge on any atom is -0.493 e. The number of carbonyl (C=O) groups is 1. The van der Waals surface area contributed by atoms with Crippen LogP contribution in [0.25, 0.3) is 0 Å². The van der Waals surface area contributed by atoms with Gasteiger partial charge < -0.3 is 23.7 Å². The van der Waals surface area contributed by atoms with E-state index in [0.717, 1.165) is 5.56 Å². The largest absolute Gasteiger partial charge is 0.493 e. The number of rotatable bonds is 2. The number of hydrogen-bond donors (Lipinski definition) is 0. The lowest BCUT2D eigenvalue weighted by Gasteiger charge is -2.17. The van der Waals surface area contributed by atoms with Gasteiger partial charge in [-0.1, -0.05) is 0 Å². The Labute approximate surface area is 115 Å². The van der Waals surface area contributed by atoms with Crippen molar-refractivity contribution >= 4 is 5.97 Å². The van der Waals surface area contributed by atoms with Crippen molar-refractivity contribution < 1.29 is 28.5 Å². The summed E-state index contributed by atoms with van der Waals surface area (Å²) in [5, 5.41) is 0. The van der Waals surface area contributed by atoms with Crippen molar-refractivity contribution in [1.29, 1.82) is 0 Å². The third-order valence-corrected chi connectivity index (χ3v) is 4.09. The Morgan fingerprint density at radius 3 is 2.95 bits per heavy atom. The molecule has 0 bridgehead atoms. The summed E-state index contributed by atoms with van der Waals surface area (Å²) >= 11 is 0. The van der Waals surface area contributed by atoms with Crippen LogP contribution < -0.4 is 14.2 Å². The maximum atomic E-state index is 11.6. The Bertz CT molecular complexity index is 569. The molecule has 2 saturated heterocycles. The predicted octanol–water partition coefficient (Wildman–Crippen LogP) is 1.28. The summed E-state index contributed by atoms with van der Waals surface area (Å²) in [5.74, 6) is 1.63. The minimum absolute atomic E-state index is 0.0626. The van der Waals surface area contributed by atoms with Gasteiger partial charge in [-0.25, -0.2) is 0 Å². The van der Waals surface area contributed by atoms with Gasteiger partial charge in [0.1, 0.15) is 0 Å². The van der Waals surface area contributed by atoms with Crippen LogP contribution in [0.1, 0.15) is 11.7 Å². The minimum atomic E-state index is -0.171. The molecule has 0 aliphatic carbocycles. The summed E-state index contributed by atoms with van der Waals surface area (Å²) in [7, 11) is 1.58. The number of carbonyl (C=O) groups excluding carboxylic acids is 1. The zero-order chi connectivity index (χ0) is 13.7. The van der Waals surface area contributed by atoms with Crippen molar-refractivity contribution in [3.8, 4) is 17.2 Å². The fraction of sp³-hybridized carbons (Fsp3) is 0.500. The smallest absolute Gasteiger partial charge is 0.311 e. The maximum absolute atomic E-state index is 11.6. The van der Waals surface area contributed by atoms with Gasteiger partial charge in [-0.2, -0.15) is 0 Å². The lowest BCUT2D eigenvalue weighted by atomic mass is 9.90. The molecule has 3 atom stereocenters. The van der Waals surface area contributed by atoms with E-state index in [-0.39, 0.29) is 30.7 Å². The van der Waals surface area contributed by atoms with Gasteiger partial charge in [0.15, 0.2) is 11.5 Å². The second kappa shape index (κ2) is 4.28. The molecule has 20 heavy (non-hydrogen) atoms. The van der Waals surface area contributed by atoms with Crippen molar-refractivity contribution in [2.75, 3.05) is 27.1 Å². The van der Waals surface area contributed by atoms with Crippen molar-refractivity contribution in [2.24, 2.45) is 11.8 Å². The summed E-state index contributed by atoms with van der Waals surface area (Å²) in [5.41, 5.74) is 0.928. The van der Waals surface area contributed by atoms with E-state index in [9.17, 15) is 4.79 Å². The highest BCUT2D eigenvalue weighted by molar-refractivity contribution is 5.75. The van der Waals surface area contributed by atoms with Crippen molar-refractivity contribution in [1.82, 2.24) is 0 Å². The van der Waals surface area contributed by atoms with Gasteiger partial charge >= 0.3 is 5.97 Å². The average molecular weight is 278 g/mol. The standard InChI is InChI=1S/C14H14O6/c1-16-10-2-7(3-11-13(10)20-6-19-11)12-8-4-18-14(15)9(8)5-17-12/h2-3,8-9,12H,4-6H2,1H3/t8-,9-,12+/m0/s1. The first kappa shape index (κ1) is 11.8.